The van der Waals surface area contributed by atoms with Crippen molar-refractivity contribution in [2.75, 3.05) is 0 Å². The Balaban J connectivity index is 2.05. The molecule has 0 bridgehead atoms. The number of aromatic nitrogens is 1. The van der Waals surface area contributed by atoms with Gasteiger partial charge >= 0.3 is 6.18 Å². The second kappa shape index (κ2) is 5.71. The molecule has 1 heterocycles. The second-order valence-corrected chi connectivity index (χ2v) is 5.86. The number of fused-ring (bicyclic) bond motifs is 1. The van der Waals surface area contributed by atoms with Crippen molar-refractivity contribution in [3.8, 4) is 0 Å². The van der Waals surface area contributed by atoms with Gasteiger partial charge in [0, 0.05) is 11.3 Å². The van der Waals surface area contributed by atoms with E-state index in [-0.39, 0.29) is 11.8 Å². The Bertz CT molecular complexity index is 688. The van der Waals surface area contributed by atoms with Crippen molar-refractivity contribution in [1.82, 2.24) is 4.98 Å². The van der Waals surface area contributed by atoms with E-state index in [1.165, 1.54) is 6.07 Å². The number of rotatable bonds is 2. The molecule has 0 unspecified atom stereocenters. The average Bonchev–Trinajstić information content (AvgIpc) is 2.53. The van der Waals surface area contributed by atoms with Crippen LogP contribution >= 0.6 is 0 Å². The number of carbonyl (C=O) groups excluding carboxylic acids is 1. The van der Waals surface area contributed by atoms with Gasteiger partial charge in [0.2, 0.25) is 0 Å². The van der Waals surface area contributed by atoms with E-state index in [4.69, 9.17) is 0 Å². The van der Waals surface area contributed by atoms with Gasteiger partial charge < -0.3 is 4.79 Å². The molecule has 1 saturated carbocycles. The fraction of sp³-hybridized carbons (Fsp3) is 0.412. The third-order valence-electron chi connectivity index (χ3n) is 4.44. The van der Waals surface area contributed by atoms with E-state index in [0.29, 0.717) is 11.1 Å². The van der Waals surface area contributed by atoms with E-state index in [0.717, 1.165) is 37.4 Å². The van der Waals surface area contributed by atoms with Crippen molar-refractivity contribution in [2.24, 2.45) is 5.92 Å². The minimum Gasteiger partial charge on any atom is -0.303 e. The molecule has 2 aromatic rings. The van der Waals surface area contributed by atoms with Gasteiger partial charge in [-0.05, 0) is 49.3 Å². The third-order valence-corrected chi connectivity index (χ3v) is 4.44. The molecular weight excluding hydrogens is 291 g/mol. The van der Waals surface area contributed by atoms with Crippen LogP contribution in [-0.4, -0.2) is 11.3 Å². The molecule has 5 heteroatoms. The largest absolute Gasteiger partial charge is 0.433 e. The van der Waals surface area contributed by atoms with Crippen LogP contribution in [0.25, 0.3) is 10.9 Å². The second-order valence-electron chi connectivity index (χ2n) is 5.86. The number of aldehydes is 1. The smallest absolute Gasteiger partial charge is 0.303 e. The maximum absolute atomic E-state index is 13.1. The van der Waals surface area contributed by atoms with E-state index < -0.39 is 11.9 Å². The van der Waals surface area contributed by atoms with Crippen LogP contribution in [0, 0.1) is 5.92 Å². The van der Waals surface area contributed by atoms with Crippen molar-refractivity contribution in [3.63, 3.8) is 0 Å². The molecule has 1 fully saturated rings. The molecule has 1 aromatic carbocycles. The highest BCUT2D eigenvalue weighted by atomic mass is 19.4. The van der Waals surface area contributed by atoms with Crippen LogP contribution in [0.5, 0.6) is 0 Å². The lowest BCUT2D eigenvalue weighted by Crippen LogP contribution is -2.16. The van der Waals surface area contributed by atoms with E-state index in [9.17, 15) is 18.0 Å². The fourth-order valence-corrected chi connectivity index (χ4v) is 3.25. The molecule has 0 radical (unpaired) electrons. The van der Waals surface area contributed by atoms with Gasteiger partial charge in [0.05, 0.1) is 5.52 Å². The van der Waals surface area contributed by atoms with Crippen molar-refractivity contribution < 1.29 is 18.0 Å². The first-order valence-corrected chi connectivity index (χ1v) is 7.41. The summed E-state index contributed by atoms with van der Waals surface area (Å²) >= 11 is 0. The Morgan fingerprint density at radius 3 is 2.41 bits per heavy atom. The molecule has 3 rings (SSSR count). The molecule has 116 valence electrons. The summed E-state index contributed by atoms with van der Waals surface area (Å²) in [6, 6.07) is 8.14. The topological polar surface area (TPSA) is 30.0 Å². The molecule has 0 N–H and O–H groups in total. The lowest BCUT2D eigenvalue weighted by atomic mass is 9.78. The Morgan fingerprint density at radius 2 is 1.77 bits per heavy atom. The van der Waals surface area contributed by atoms with Crippen molar-refractivity contribution in [3.05, 3.63) is 41.6 Å². The summed E-state index contributed by atoms with van der Waals surface area (Å²) in [6.45, 7) is 0. The Labute approximate surface area is 126 Å². The highest BCUT2D eigenvalue weighted by molar-refractivity contribution is 5.83. The monoisotopic (exact) mass is 307 g/mol. The van der Waals surface area contributed by atoms with E-state index in [1.54, 1.807) is 12.1 Å². The zero-order chi connectivity index (χ0) is 15.7. The van der Waals surface area contributed by atoms with Crippen molar-refractivity contribution >= 4 is 17.2 Å². The SMILES string of the molecule is O=CC1CCC(c2cc(C(F)(F)F)nc3ccccc23)CC1. The van der Waals surface area contributed by atoms with Gasteiger partial charge in [-0.25, -0.2) is 4.98 Å². The standard InChI is InChI=1S/C17H16F3NO/c18-17(19,20)16-9-14(12-7-5-11(10-22)6-8-12)13-3-1-2-4-15(13)21-16/h1-4,9-12H,5-8H2. The number of hydrogen-bond acceptors (Lipinski definition) is 2. The highest BCUT2D eigenvalue weighted by Crippen LogP contribution is 2.40. The molecule has 0 aliphatic heterocycles. The van der Waals surface area contributed by atoms with Crippen LogP contribution in [0.2, 0.25) is 0 Å². The summed E-state index contributed by atoms with van der Waals surface area (Å²) in [6.07, 6.45) is -0.511. The highest BCUT2D eigenvalue weighted by Gasteiger charge is 2.34. The van der Waals surface area contributed by atoms with Gasteiger partial charge in [0.1, 0.15) is 12.0 Å². The van der Waals surface area contributed by atoms with E-state index in [1.807, 2.05) is 12.1 Å². The minimum atomic E-state index is -4.45. The van der Waals surface area contributed by atoms with Gasteiger partial charge in [-0.2, -0.15) is 13.2 Å². The van der Waals surface area contributed by atoms with Crippen LogP contribution in [0.15, 0.2) is 30.3 Å². The first-order chi connectivity index (χ1) is 10.5. The molecule has 0 saturated heterocycles. The normalized spacial score (nSPS) is 22.7. The van der Waals surface area contributed by atoms with Gasteiger partial charge in [0.25, 0.3) is 0 Å². The molecule has 0 atom stereocenters. The Hall–Kier alpha value is -1.91. The van der Waals surface area contributed by atoms with Gasteiger partial charge in [-0.15, -0.1) is 0 Å². The number of para-hydroxylation sites is 1. The summed E-state index contributed by atoms with van der Waals surface area (Å²) in [5.41, 5.74) is 0.255. The average molecular weight is 307 g/mol. The molecular formula is C17H16F3NO. The predicted molar refractivity (Wildman–Crippen MR) is 77.5 cm³/mol. The van der Waals surface area contributed by atoms with Crippen molar-refractivity contribution in [2.45, 2.75) is 37.8 Å². The number of hydrogen-bond donors (Lipinski definition) is 0. The molecule has 1 aromatic heterocycles. The Morgan fingerprint density at radius 1 is 1.09 bits per heavy atom. The maximum Gasteiger partial charge on any atom is 0.433 e. The van der Waals surface area contributed by atoms with E-state index in [2.05, 4.69) is 4.98 Å². The fourth-order valence-electron chi connectivity index (χ4n) is 3.25. The van der Waals surface area contributed by atoms with Crippen molar-refractivity contribution in [1.29, 1.82) is 0 Å². The first kappa shape index (κ1) is 15.0. The lowest BCUT2D eigenvalue weighted by Gasteiger charge is -2.27. The van der Waals surface area contributed by atoms with Crippen LogP contribution in [-0.2, 0) is 11.0 Å². The zero-order valence-corrected chi connectivity index (χ0v) is 11.9. The summed E-state index contributed by atoms with van der Waals surface area (Å²) in [5, 5.41) is 0.782. The summed E-state index contributed by atoms with van der Waals surface area (Å²) < 4.78 is 39.2. The summed E-state index contributed by atoms with van der Waals surface area (Å²) in [4.78, 5) is 14.6. The molecule has 1 aliphatic rings. The first-order valence-electron chi connectivity index (χ1n) is 7.41. The quantitative estimate of drug-likeness (QED) is 0.751. The molecule has 1 aliphatic carbocycles. The number of nitrogens with zero attached hydrogens (tertiary/aromatic N) is 1. The molecule has 2 nitrogen and oxygen atoms in total. The predicted octanol–water partition coefficient (Wildman–Crippen LogP) is 4.73. The van der Waals surface area contributed by atoms with Gasteiger partial charge in [0.15, 0.2) is 0 Å². The molecule has 22 heavy (non-hydrogen) atoms. The van der Waals surface area contributed by atoms with Gasteiger partial charge in [-0.3, -0.25) is 0 Å². The van der Waals surface area contributed by atoms with E-state index >= 15 is 0 Å². The van der Waals surface area contributed by atoms with Crippen LogP contribution in [0.4, 0.5) is 13.2 Å². The number of halogens is 3. The summed E-state index contributed by atoms with van der Waals surface area (Å²) in [7, 11) is 0. The molecule has 0 spiro atoms. The number of pyridine rings is 1. The van der Waals surface area contributed by atoms with Crippen LogP contribution in [0.3, 0.4) is 0 Å². The summed E-state index contributed by atoms with van der Waals surface area (Å²) in [5.74, 6) is 0.108. The Kier molecular flexibility index (Phi) is 3.89. The number of benzene rings is 1. The van der Waals surface area contributed by atoms with Crippen LogP contribution in [0.1, 0.15) is 42.9 Å². The minimum absolute atomic E-state index is 0.0476. The van der Waals surface area contributed by atoms with Gasteiger partial charge in [-0.1, -0.05) is 18.2 Å². The molecule has 0 amide bonds. The number of carbonyl (C=O) groups is 1. The zero-order valence-electron chi connectivity index (χ0n) is 11.9. The maximum atomic E-state index is 13.1. The number of alkyl halides is 3. The lowest BCUT2D eigenvalue weighted by molar-refractivity contribution is -0.141. The third kappa shape index (κ3) is 2.85. The van der Waals surface area contributed by atoms with Crippen LogP contribution < -0.4 is 0 Å².